The molecule has 2 N–H and O–H groups in total. The van der Waals surface area contributed by atoms with Gasteiger partial charge in [0.05, 0.1) is 18.2 Å². The van der Waals surface area contributed by atoms with Crippen molar-refractivity contribution >= 4 is 5.91 Å². The summed E-state index contributed by atoms with van der Waals surface area (Å²) < 4.78 is 7.38. The van der Waals surface area contributed by atoms with Gasteiger partial charge in [-0.1, -0.05) is 29.8 Å². The SMILES string of the molecule is COCC(C)n1c(-c2ccc(C)cc2)cc(C(N)=O)c1C. The summed E-state index contributed by atoms with van der Waals surface area (Å²) in [5, 5.41) is 0. The largest absolute Gasteiger partial charge is 0.383 e. The summed E-state index contributed by atoms with van der Waals surface area (Å²) in [6.07, 6.45) is 0. The molecular weight excluding hydrogens is 264 g/mol. The average Bonchev–Trinajstić information content (AvgIpc) is 2.77. The summed E-state index contributed by atoms with van der Waals surface area (Å²) in [7, 11) is 1.68. The number of nitrogens with two attached hydrogens (primary N) is 1. The van der Waals surface area contributed by atoms with Crippen LogP contribution in [-0.2, 0) is 4.74 Å². The minimum Gasteiger partial charge on any atom is -0.383 e. The molecule has 0 radical (unpaired) electrons. The number of carbonyl (C=O) groups is 1. The van der Waals surface area contributed by atoms with E-state index in [0.29, 0.717) is 12.2 Å². The number of benzene rings is 1. The minimum atomic E-state index is -0.399. The van der Waals surface area contributed by atoms with Gasteiger partial charge in [0.2, 0.25) is 0 Å². The van der Waals surface area contributed by atoms with E-state index in [9.17, 15) is 4.79 Å². The smallest absolute Gasteiger partial charge is 0.250 e. The number of nitrogens with zero attached hydrogens (tertiary/aromatic N) is 1. The molecule has 1 atom stereocenters. The van der Waals surface area contributed by atoms with Gasteiger partial charge in [0, 0.05) is 18.5 Å². The molecule has 2 aromatic rings. The fourth-order valence-corrected chi connectivity index (χ4v) is 2.70. The Hall–Kier alpha value is -2.07. The van der Waals surface area contributed by atoms with Gasteiger partial charge in [0.1, 0.15) is 0 Å². The van der Waals surface area contributed by atoms with Gasteiger partial charge >= 0.3 is 0 Å². The third-order valence-electron chi connectivity index (χ3n) is 3.75. The van der Waals surface area contributed by atoms with Gasteiger partial charge in [-0.15, -0.1) is 0 Å². The first-order chi connectivity index (χ1) is 9.95. The Balaban J connectivity index is 2.60. The summed E-state index contributed by atoms with van der Waals surface area (Å²) in [4.78, 5) is 11.6. The van der Waals surface area contributed by atoms with Crippen molar-refractivity contribution in [3.63, 3.8) is 0 Å². The Labute approximate surface area is 125 Å². The second-order valence-corrected chi connectivity index (χ2v) is 5.43. The van der Waals surface area contributed by atoms with Crippen LogP contribution in [0.25, 0.3) is 11.3 Å². The van der Waals surface area contributed by atoms with Gasteiger partial charge in [-0.3, -0.25) is 4.79 Å². The molecule has 0 saturated heterocycles. The summed E-state index contributed by atoms with van der Waals surface area (Å²) >= 11 is 0. The molecule has 0 saturated carbocycles. The van der Waals surface area contributed by atoms with Gasteiger partial charge in [-0.05, 0) is 32.4 Å². The Morgan fingerprint density at radius 2 is 1.90 bits per heavy atom. The number of methoxy groups -OCH3 is 1. The fourth-order valence-electron chi connectivity index (χ4n) is 2.70. The second kappa shape index (κ2) is 6.14. The molecule has 1 heterocycles. The highest BCUT2D eigenvalue weighted by Crippen LogP contribution is 2.29. The summed E-state index contributed by atoms with van der Waals surface area (Å²) in [6, 6.07) is 10.2. The highest BCUT2D eigenvalue weighted by Gasteiger charge is 2.20. The monoisotopic (exact) mass is 286 g/mol. The zero-order valence-corrected chi connectivity index (χ0v) is 13.0. The molecule has 4 heteroatoms. The van der Waals surface area contributed by atoms with Crippen LogP contribution in [-0.4, -0.2) is 24.2 Å². The van der Waals surface area contributed by atoms with Crippen LogP contribution < -0.4 is 5.73 Å². The van der Waals surface area contributed by atoms with Crippen LogP contribution in [0.5, 0.6) is 0 Å². The molecule has 1 aromatic heterocycles. The van der Waals surface area contributed by atoms with E-state index in [4.69, 9.17) is 10.5 Å². The van der Waals surface area contributed by atoms with Gasteiger partial charge in [-0.2, -0.15) is 0 Å². The van der Waals surface area contributed by atoms with Gasteiger partial charge in [0.15, 0.2) is 0 Å². The molecule has 1 unspecified atom stereocenters. The first-order valence-electron chi connectivity index (χ1n) is 7.03. The van der Waals surface area contributed by atoms with Crippen LogP contribution in [0, 0.1) is 13.8 Å². The Morgan fingerprint density at radius 3 is 2.43 bits per heavy atom. The zero-order valence-electron chi connectivity index (χ0n) is 13.0. The van der Waals surface area contributed by atoms with E-state index >= 15 is 0 Å². The van der Waals surface area contributed by atoms with Gasteiger partial charge in [0.25, 0.3) is 5.91 Å². The lowest BCUT2D eigenvalue weighted by molar-refractivity contribution is 0.0999. The van der Waals surface area contributed by atoms with Gasteiger partial charge < -0.3 is 15.0 Å². The zero-order chi connectivity index (χ0) is 15.6. The van der Waals surface area contributed by atoms with Crippen molar-refractivity contribution in [2.24, 2.45) is 5.73 Å². The van der Waals surface area contributed by atoms with Crippen molar-refractivity contribution in [2.75, 3.05) is 13.7 Å². The highest BCUT2D eigenvalue weighted by molar-refractivity contribution is 5.95. The number of amides is 1. The number of carbonyl (C=O) groups excluding carboxylic acids is 1. The fraction of sp³-hybridized carbons (Fsp3) is 0.353. The third-order valence-corrected chi connectivity index (χ3v) is 3.75. The van der Waals surface area contributed by atoms with Crippen molar-refractivity contribution in [1.82, 2.24) is 4.57 Å². The maximum atomic E-state index is 11.6. The Bertz CT molecular complexity index is 642. The van der Waals surface area contributed by atoms with E-state index in [2.05, 4.69) is 42.7 Å². The summed E-state index contributed by atoms with van der Waals surface area (Å²) in [5.74, 6) is -0.399. The van der Waals surface area contributed by atoms with Crippen molar-refractivity contribution in [3.05, 3.63) is 47.2 Å². The maximum Gasteiger partial charge on any atom is 0.250 e. The lowest BCUT2D eigenvalue weighted by atomic mass is 10.1. The van der Waals surface area contributed by atoms with Gasteiger partial charge in [-0.25, -0.2) is 0 Å². The van der Waals surface area contributed by atoms with Crippen molar-refractivity contribution < 1.29 is 9.53 Å². The number of aryl methyl sites for hydroxylation is 1. The summed E-state index contributed by atoms with van der Waals surface area (Å²) in [6.45, 7) is 6.62. The lowest BCUT2D eigenvalue weighted by Gasteiger charge is -2.19. The third kappa shape index (κ3) is 3.00. The van der Waals surface area contributed by atoms with Crippen LogP contribution in [0.3, 0.4) is 0 Å². The van der Waals surface area contributed by atoms with Crippen LogP contribution in [0.15, 0.2) is 30.3 Å². The van der Waals surface area contributed by atoms with E-state index in [-0.39, 0.29) is 6.04 Å². The molecule has 4 nitrogen and oxygen atoms in total. The van der Waals surface area contributed by atoms with Crippen molar-refractivity contribution in [2.45, 2.75) is 26.8 Å². The first kappa shape index (κ1) is 15.3. The molecule has 0 spiro atoms. The van der Waals surface area contributed by atoms with E-state index in [1.165, 1.54) is 5.56 Å². The van der Waals surface area contributed by atoms with E-state index in [1.807, 2.05) is 13.0 Å². The van der Waals surface area contributed by atoms with Crippen LogP contribution in [0.1, 0.15) is 34.6 Å². The Morgan fingerprint density at radius 1 is 1.29 bits per heavy atom. The topological polar surface area (TPSA) is 57.2 Å². The lowest BCUT2D eigenvalue weighted by Crippen LogP contribution is -2.16. The van der Waals surface area contributed by atoms with Crippen molar-refractivity contribution in [1.29, 1.82) is 0 Å². The molecule has 0 bridgehead atoms. The van der Waals surface area contributed by atoms with Crippen LogP contribution in [0.4, 0.5) is 0 Å². The predicted octanol–water partition coefficient (Wildman–Crippen LogP) is 3.08. The number of hydrogen-bond acceptors (Lipinski definition) is 2. The van der Waals surface area contributed by atoms with E-state index in [1.54, 1.807) is 7.11 Å². The average molecular weight is 286 g/mol. The predicted molar refractivity (Wildman–Crippen MR) is 84.4 cm³/mol. The molecule has 0 fully saturated rings. The second-order valence-electron chi connectivity index (χ2n) is 5.43. The molecule has 112 valence electrons. The van der Waals surface area contributed by atoms with E-state index < -0.39 is 5.91 Å². The molecular formula is C17H22N2O2. The normalized spacial score (nSPS) is 12.4. The number of primary amides is 1. The van der Waals surface area contributed by atoms with E-state index in [0.717, 1.165) is 17.0 Å². The quantitative estimate of drug-likeness (QED) is 0.918. The highest BCUT2D eigenvalue weighted by atomic mass is 16.5. The number of rotatable bonds is 5. The Kier molecular flexibility index (Phi) is 4.48. The molecule has 2 rings (SSSR count). The van der Waals surface area contributed by atoms with Crippen LogP contribution in [0.2, 0.25) is 0 Å². The molecule has 1 amide bonds. The number of ether oxygens (including phenoxy) is 1. The van der Waals surface area contributed by atoms with Crippen LogP contribution >= 0.6 is 0 Å². The molecule has 1 aromatic carbocycles. The maximum absolute atomic E-state index is 11.6. The first-order valence-corrected chi connectivity index (χ1v) is 7.03. The minimum absolute atomic E-state index is 0.124. The molecule has 0 aliphatic carbocycles. The summed E-state index contributed by atoms with van der Waals surface area (Å²) in [5.41, 5.74) is 10.2. The van der Waals surface area contributed by atoms with Crippen molar-refractivity contribution in [3.8, 4) is 11.3 Å². The number of hydrogen-bond donors (Lipinski definition) is 1. The standard InChI is InChI=1S/C17H22N2O2/c1-11-5-7-14(8-6-11)16-9-15(17(18)20)13(3)19(16)12(2)10-21-4/h5-9,12H,10H2,1-4H3,(H2,18,20). The molecule has 0 aliphatic heterocycles. The number of aromatic nitrogens is 1. The molecule has 21 heavy (non-hydrogen) atoms. The molecule has 0 aliphatic rings.